The fraction of sp³-hybridized carbons (Fsp3) is 0.143. The number of esters is 1. The Labute approximate surface area is 109 Å². The molecule has 1 aromatic rings. The zero-order valence-corrected chi connectivity index (χ0v) is 10.5. The molecular formula is C14H10O3S. The first-order valence-corrected chi connectivity index (χ1v) is 6.37. The molecule has 0 amide bonds. The zero-order chi connectivity index (χ0) is 12.8. The van der Waals surface area contributed by atoms with E-state index in [0.29, 0.717) is 5.56 Å². The molecule has 1 heterocycles. The molecule has 0 saturated heterocycles. The molecule has 0 spiro atoms. The van der Waals surface area contributed by atoms with Crippen LogP contribution >= 0.6 is 11.8 Å². The van der Waals surface area contributed by atoms with Gasteiger partial charge in [0.15, 0.2) is 5.78 Å². The molecule has 0 N–H and O–H groups in total. The maximum atomic E-state index is 12.6. The number of rotatable bonds is 1. The van der Waals surface area contributed by atoms with E-state index in [4.69, 9.17) is 4.74 Å². The van der Waals surface area contributed by atoms with Gasteiger partial charge >= 0.3 is 5.97 Å². The van der Waals surface area contributed by atoms with Crippen molar-refractivity contribution in [2.45, 2.75) is 4.75 Å². The van der Waals surface area contributed by atoms with Crippen molar-refractivity contribution in [3.05, 3.63) is 53.0 Å². The molecular weight excluding hydrogens is 248 g/mol. The van der Waals surface area contributed by atoms with Gasteiger partial charge in [0, 0.05) is 5.56 Å². The number of hydrogen-bond acceptors (Lipinski definition) is 4. The van der Waals surface area contributed by atoms with Gasteiger partial charge in [-0.15, -0.1) is 11.8 Å². The number of ether oxygens (including phenoxy) is 1. The highest BCUT2D eigenvalue weighted by molar-refractivity contribution is 8.05. The molecule has 3 nitrogen and oxygen atoms in total. The number of Topliss-reactive ketones (excluding diaryl/α,β-unsaturated/α-hetero) is 1. The molecule has 0 fully saturated rings. The second-order valence-electron chi connectivity index (χ2n) is 4.07. The Morgan fingerprint density at radius 3 is 2.72 bits per heavy atom. The molecule has 90 valence electrons. The number of benzene rings is 1. The molecule has 18 heavy (non-hydrogen) atoms. The van der Waals surface area contributed by atoms with Crippen LogP contribution in [0.5, 0.6) is 0 Å². The fourth-order valence-electron chi connectivity index (χ4n) is 2.41. The predicted octanol–water partition coefficient (Wildman–Crippen LogP) is 2.44. The van der Waals surface area contributed by atoms with Crippen LogP contribution in [-0.4, -0.2) is 23.6 Å². The van der Waals surface area contributed by atoms with E-state index in [1.807, 2.05) is 24.3 Å². The third-order valence-corrected chi connectivity index (χ3v) is 4.44. The third-order valence-electron chi connectivity index (χ3n) is 3.22. The van der Waals surface area contributed by atoms with Crippen LogP contribution in [0, 0.1) is 0 Å². The van der Waals surface area contributed by atoms with Gasteiger partial charge in [0.2, 0.25) is 4.75 Å². The molecule has 0 radical (unpaired) electrons. The summed E-state index contributed by atoms with van der Waals surface area (Å²) in [4.78, 5) is 24.7. The first-order valence-electron chi connectivity index (χ1n) is 5.49. The highest BCUT2D eigenvalue weighted by Crippen LogP contribution is 2.51. The highest BCUT2D eigenvalue weighted by Gasteiger charge is 2.56. The second kappa shape index (κ2) is 3.85. The second-order valence-corrected chi connectivity index (χ2v) is 5.19. The average Bonchev–Trinajstić information content (AvgIpc) is 2.70. The summed E-state index contributed by atoms with van der Waals surface area (Å²) in [6.07, 6.45) is 3.66. The van der Waals surface area contributed by atoms with Crippen LogP contribution in [0.4, 0.5) is 0 Å². The Kier molecular flexibility index (Phi) is 2.41. The monoisotopic (exact) mass is 258 g/mol. The lowest BCUT2D eigenvalue weighted by Crippen LogP contribution is -2.41. The van der Waals surface area contributed by atoms with Gasteiger partial charge in [-0.25, -0.2) is 4.79 Å². The zero-order valence-electron chi connectivity index (χ0n) is 9.67. The lowest BCUT2D eigenvalue weighted by molar-refractivity contribution is -0.140. The van der Waals surface area contributed by atoms with E-state index in [-0.39, 0.29) is 5.78 Å². The molecule has 0 aromatic heterocycles. The Morgan fingerprint density at radius 2 is 2.00 bits per heavy atom. The number of allylic oxidation sites excluding steroid dienone is 2. The average molecular weight is 258 g/mol. The van der Waals surface area contributed by atoms with E-state index in [9.17, 15) is 9.59 Å². The SMILES string of the molecule is COC(=O)C12SC=CC=C1c1ccccc1C2=O. The summed E-state index contributed by atoms with van der Waals surface area (Å²) in [7, 11) is 1.31. The van der Waals surface area contributed by atoms with Crippen molar-refractivity contribution in [3.8, 4) is 0 Å². The normalized spacial score (nSPS) is 24.3. The molecule has 0 bridgehead atoms. The van der Waals surface area contributed by atoms with Gasteiger partial charge in [-0.3, -0.25) is 4.79 Å². The van der Waals surface area contributed by atoms with E-state index < -0.39 is 10.7 Å². The maximum Gasteiger partial charge on any atom is 0.335 e. The standard InChI is InChI=1S/C14H10O3S/c1-17-13(16)14-11(7-4-8-18-14)9-5-2-3-6-10(9)12(14)15/h2-8H,1H3. The lowest BCUT2D eigenvalue weighted by Gasteiger charge is -2.26. The van der Waals surface area contributed by atoms with Crippen LogP contribution in [0.1, 0.15) is 15.9 Å². The lowest BCUT2D eigenvalue weighted by atomic mass is 9.97. The number of methoxy groups -OCH3 is 1. The Morgan fingerprint density at radius 1 is 1.28 bits per heavy atom. The largest absolute Gasteiger partial charge is 0.467 e. The van der Waals surface area contributed by atoms with E-state index >= 15 is 0 Å². The number of thioether (sulfide) groups is 1. The highest BCUT2D eigenvalue weighted by atomic mass is 32.2. The van der Waals surface area contributed by atoms with Crippen molar-refractivity contribution < 1.29 is 14.3 Å². The van der Waals surface area contributed by atoms with E-state index in [1.54, 1.807) is 17.5 Å². The molecule has 1 aliphatic heterocycles. The summed E-state index contributed by atoms with van der Waals surface area (Å²) in [5, 5.41) is 1.75. The molecule has 1 atom stereocenters. The van der Waals surface area contributed by atoms with Gasteiger partial charge < -0.3 is 4.74 Å². The van der Waals surface area contributed by atoms with Crippen molar-refractivity contribution >= 4 is 29.1 Å². The van der Waals surface area contributed by atoms with Gasteiger partial charge in [0.05, 0.1) is 7.11 Å². The number of ketones is 1. The van der Waals surface area contributed by atoms with Crippen molar-refractivity contribution in [2.75, 3.05) is 7.11 Å². The summed E-state index contributed by atoms with van der Waals surface area (Å²) in [6, 6.07) is 7.28. The van der Waals surface area contributed by atoms with Crippen molar-refractivity contribution in [3.63, 3.8) is 0 Å². The fourth-order valence-corrected chi connectivity index (χ4v) is 3.48. The quantitative estimate of drug-likeness (QED) is 0.573. The summed E-state index contributed by atoms with van der Waals surface area (Å²) in [5.41, 5.74) is 2.14. The first kappa shape index (κ1) is 11.3. The van der Waals surface area contributed by atoms with Gasteiger partial charge in [-0.05, 0) is 16.5 Å². The minimum absolute atomic E-state index is 0.189. The van der Waals surface area contributed by atoms with Crippen molar-refractivity contribution in [2.24, 2.45) is 0 Å². The van der Waals surface area contributed by atoms with E-state index in [1.165, 1.54) is 18.9 Å². The van der Waals surface area contributed by atoms with Crippen LogP contribution in [-0.2, 0) is 9.53 Å². The van der Waals surface area contributed by atoms with Crippen LogP contribution in [0.3, 0.4) is 0 Å². The molecule has 2 aliphatic rings. The van der Waals surface area contributed by atoms with Gasteiger partial charge in [0.25, 0.3) is 0 Å². The van der Waals surface area contributed by atoms with Crippen LogP contribution in [0.25, 0.3) is 5.57 Å². The minimum atomic E-state index is -1.24. The van der Waals surface area contributed by atoms with Gasteiger partial charge in [-0.2, -0.15) is 0 Å². The maximum absolute atomic E-state index is 12.6. The number of carbonyl (C=O) groups is 2. The number of carbonyl (C=O) groups excluding carboxylic acids is 2. The molecule has 0 saturated carbocycles. The molecule has 3 rings (SSSR count). The molecule has 1 unspecified atom stereocenters. The Hall–Kier alpha value is -1.81. The Bertz CT molecular complexity index is 615. The summed E-state index contributed by atoms with van der Waals surface area (Å²) in [5.74, 6) is -0.699. The minimum Gasteiger partial charge on any atom is -0.467 e. The molecule has 4 heteroatoms. The number of fused-ring (bicyclic) bond motifs is 3. The van der Waals surface area contributed by atoms with Crippen molar-refractivity contribution in [1.82, 2.24) is 0 Å². The van der Waals surface area contributed by atoms with Crippen LogP contribution in [0.2, 0.25) is 0 Å². The van der Waals surface area contributed by atoms with Gasteiger partial charge in [-0.1, -0.05) is 36.4 Å². The van der Waals surface area contributed by atoms with E-state index in [0.717, 1.165) is 11.1 Å². The smallest absolute Gasteiger partial charge is 0.335 e. The third kappa shape index (κ3) is 1.21. The van der Waals surface area contributed by atoms with Crippen molar-refractivity contribution in [1.29, 1.82) is 0 Å². The summed E-state index contributed by atoms with van der Waals surface area (Å²) in [6.45, 7) is 0. The van der Waals surface area contributed by atoms with Crippen LogP contribution in [0.15, 0.2) is 41.8 Å². The summed E-state index contributed by atoms with van der Waals surface area (Å²) >= 11 is 1.21. The number of hydrogen-bond donors (Lipinski definition) is 0. The Balaban J connectivity index is 2.29. The molecule has 1 aromatic carbocycles. The van der Waals surface area contributed by atoms with E-state index in [2.05, 4.69) is 0 Å². The first-order chi connectivity index (χ1) is 8.71. The van der Waals surface area contributed by atoms with Crippen LogP contribution < -0.4 is 0 Å². The van der Waals surface area contributed by atoms with Gasteiger partial charge in [0.1, 0.15) is 0 Å². The summed E-state index contributed by atoms with van der Waals surface area (Å²) < 4.78 is 3.60. The topological polar surface area (TPSA) is 43.4 Å². The predicted molar refractivity (Wildman–Crippen MR) is 70.2 cm³/mol. The molecule has 1 aliphatic carbocycles.